The van der Waals surface area contributed by atoms with Crippen LogP contribution in [0.15, 0.2) is 78.9 Å². The zero-order valence-corrected chi connectivity index (χ0v) is 19.1. The van der Waals surface area contributed by atoms with Gasteiger partial charge in [-0.3, -0.25) is 4.79 Å². The van der Waals surface area contributed by atoms with E-state index in [1.54, 1.807) is 12.1 Å². The van der Waals surface area contributed by atoms with E-state index in [1.165, 1.54) is 12.5 Å². The van der Waals surface area contributed by atoms with Crippen LogP contribution in [0.3, 0.4) is 0 Å². The van der Waals surface area contributed by atoms with Crippen molar-refractivity contribution in [2.45, 2.75) is 38.6 Å². The Kier molecular flexibility index (Phi) is 7.43. The van der Waals surface area contributed by atoms with Gasteiger partial charge >= 0.3 is 5.97 Å². The fraction of sp³-hybridized carbons (Fsp3) is 0.241. The molecular formula is C29H29NO4. The molecule has 3 aromatic rings. The minimum atomic E-state index is -1.01. The zero-order chi connectivity index (χ0) is 23.9. The third-order valence-corrected chi connectivity index (χ3v) is 6.33. The van der Waals surface area contributed by atoms with Gasteiger partial charge in [-0.15, -0.1) is 0 Å². The Morgan fingerprint density at radius 3 is 2.35 bits per heavy atom. The van der Waals surface area contributed by atoms with E-state index >= 15 is 0 Å². The largest absolute Gasteiger partial charge is 0.507 e. The number of carbonyl (C=O) groups excluding carboxylic acids is 1. The molecule has 34 heavy (non-hydrogen) atoms. The SMILES string of the molecule is O=C(O)/C=C/c1cccc(N(Cc2ccc(-c3ccccc3O)cc2)C(=O)C2CCCCC2)c1. The number of aromatic hydroxyl groups is 1. The van der Waals surface area contributed by atoms with Crippen LogP contribution in [0.2, 0.25) is 0 Å². The molecule has 0 aromatic heterocycles. The van der Waals surface area contributed by atoms with E-state index in [-0.39, 0.29) is 17.6 Å². The number of nitrogens with zero attached hydrogens (tertiary/aromatic N) is 1. The van der Waals surface area contributed by atoms with Gasteiger partial charge in [-0.1, -0.05) is 73.9 Å². The molecule has 0 aliphatic heterocycles. The molecule has 5 heteroatoms. The molecule has 0 radical (unpaired) electrons. The number of aliphatic carboxylic acids is 1. The smallest absolute Gasteiger partial charge is 0.328 e. The van der Waals surface area contributed by atoms with Crippen LogP contribution < -0.4 is 4.90 Å². The molecule has 0 atom stereocenters. The molecule has 1 aliphatic carbocycles. The Balaban J connectivity index is 1.62. The van der Waals surface area contributed by atoms with Crippen LogP contribution in [0.5, 0.6) is 5.75 Å². The summed E-state index contributed by atoms with van der Waals surface area (Å²) in [5.41, 5.74) is 4.15. The van der Waals surface area contributed by atoms with Crippen LogP contribution in [-0.4, -0.2) is 22.1 Å². The van der Waals surface area contributed by atoms with Crippen molar-refractivity contribution >= 4 is 23.6 Å². The maximum Gasteiger partial charge on any atom is 0.328 e. The highest BCUT2D eigenvalue weighted by atomic mass is 16.4. The first kappa shape index (κ1) is 23.3. The number of para-hydroxylation sites is 1. The van der Waals surface area contributed by atoms with E-state index in [0.29, 0.717) is 6.54 Å². The van der Waals surface area contributed by atoms with Gasteiger partial charge in [0.1, 0.15) is 5.75 Å². The van der Waals surface area contributed by atoms with Gasteiger partial charge in [0, 0.05) is 23.2 Å². The summed E-state index contributed by atoms with van der Waals surface area (Å²) < 4.78 is 0. The number of hydrogen-bond acceptors (Lipinski definition) is 3. The highest BCUT2D eigenvalue weighted by Crippen LogP contribution is 2.31. The van der Waals surface area contributed by atoms with Crippen molar-refractivity contribution < 1.29 is 19.8 Å². The van der Waals surface area contributed by atoms with Gasteiger partial charge in [-0.05, 0) is 53.8 Å². The zero-order valence-electron chi connectivity index (χ0n) is 19.1. The number of phenolic OH excluding ortho intramolecular Hbond substituents is 1. The highest BCUT2D eigenvalue weighted by molar-refractivity contribution is 5.95. The monoisotopic (exact) mass is 455 g/mol. The molecule has 4 rings (SSSR count). The summed E-state index contributed by atoms with van der Waals surface area (Å²) in [6.07, 6.45) is 7.76. The number of phenols is 1. The lowest BCUT2D eigenvalue weighted by molar-refractivity contribution is -0.131. The Hall–Kier alpha value is -3.86. The second kappa shape index (κ2) is 10.8. The fourth-order valence-corrected chi connectivity index (χ4v) is 4.52. The first-order chi connectivity index (χ1) is 16.5. The molecule has 5 nitrogen and oxygen atoms in total. The summed E-state index contributed by atoms with van der Waals surface area (Å²) in [4.78, 5) is 26.3. The van der Waals surface area contributed by atoms with Crippen molar-refractivity contribution in [3.8, 4) is 16.9 Å². The number of amides is 1. The lowest BCUT2D eigenvalue weighted by Crippen LogP contribution is -2.36. The number of benzene rings is 3. The molecule has 1 amide bonds. The minimum absolute atomic E-state index is 0.00695. The third kappa shape index (κ3) is 5.73. The van der Waals surface area contributed by atoms with Crippen molar-refractivity contribution in [3.05, 3.63) is 90.0 Å². The van der Waals surface area contributed by atoms with Crippen molar-refractivity contribution in [3.63, 3.8) is 0 Å². The molecule has 1 saturated carbocycles. The van der Waals surface area contributed by atoms with E-state index in [1.807, 2.05) is 65.6 Å². The summed E-state index contributed by atoms with van der Waals surface area (Å²) >= 11 is 0. The van der Waals surface area contributed by atoms with Gasteiger partial charge in [0.15, 0.2) is 0 Å². The topological polar surface area (TPSA) is 77.8 Å². The van der Waals surface area contributed by atoms with Gasteiger partial charge in [-0.25, -0.2) is 4.79 Å². The van der Waals surface area contributed by atoms with Crippen molar-refractivity contribution in [2.24, 2.45) is 5.92 Å². The van der Waals surface area contributed by atoms with Crippen LogP contribution in [0.1, 0.15) is 43.2 Å². The van der Waals surface area contributed by atoms with E-state index in [9.17, 15) is 14.7 Å². The lowest BCUT2D eigenvalue weighted by atomic mass is 9.88. The van der Waals surface area contributed by atoms with Gasteiger partial charge in [0.05, 0.1) is 6.54 Å². The Morgan fingerprint density at radius 2 is 1.65 bits per heavy atom. The number of rotatable bonds is 7. The second-order valence-corrected chi connectivity index (χ2v) is 8.74. The van der Waals surface area contributed by atoms with Crippen molar-refractivity contribution in [1.82, 2.24) is 0 Å². The summed E-state index contributed by atoms with van der Waals surface area (Å²) in [7, 11) is 0. The molecule has 3 aromatic carbocycles. The summed E-state index contributed by atoms with van der Waals surface area (Å²) in [6.45, 7) is 0.419. The molecule has 174 valence electrons. The van der Waals surface area contributed by atoms with Crippen LogP contribution in [0.4, 0.5) is 5.69 Å². The summed E-state index contributed by atoms with van der Waals surface area (Å²) in [6, 6.07) is 22.5. The summed E-state index contributed by atoms with van der Waals surface area (Å²) in [5.74, 6) is -0.656. The van der Waals surface area contributed by atoms with Gasteiger partial charge in [-0.2, -0.15) is 0 Å². The predicted molar refractivity (Wildman–Crippen MR) is 134 cm³/mol. The summed E-state index contributed by atoms with van der Waals surface area (Å²) in [5, 5.41) is 19.1. The number of carboxylic acids is 1. The minimum Gasteiger partial charge on any atom is -0.507 e. The van der Waals surface area contributed by atoms with Gasteiger partial charge in [0.25, 0.3) is 0 Å². The van der Waals surface area contributed by atoms with Crippen molar-refractivity contribution in [1.29, 1.82) is 0 Å². The van der Waals surface area contributed by atoms with E-state index in [4.69, 9.17) is 5.11 Å². The standard InChI is InChI=1S/C29H29NO4/c31-27-12-5-4-11-26(27)23-16-13-22(14-17-23)20-30(29(34)24-8-2-1-3-9-24)25-10-6-7-21(19-25)15-18-28(32)33/h4-7,10-19,24,31H,1-3,8-9,20H2,(H,32,33)/b18-15+. The molecule has 1 fully saturated rings. The molecule has 0 spiro atoms. The number of hydrogen-bond donors (Lipinski definition) is 2. The molecular weight excluding hydrogens is 426 g/mol. The van der Waals surface area contributed by atoms with Gasteiger partial charge < -0.3 is 15.1 Å². The average Bonchev–Trinajstić information content (AvgIpc) is 2.87. The first-order valence-electron chi connectivity index (χ1n) is 11.7. The molecule has 0 bridgehead atoms. The van der Waals surface area contributed by atoms with Crippen LogP contribution >= 0.6 is 0 Å². The average molecular weight is 456 g/mol. The number of carbonyl (C=O) groups is 2. The van der Waals surface area contributed by atoms with E-state index in [0.717, 1.165) is 59.7 Å². The molecule has 0 unspecified atom stereocenters. The maximum absolute atomic E-state index is 13.6. The Labute approximate surface area is 200 Å². The first-order valence-corrected chi connectivity index (χ1v) is 11.7. The molecule has 2 N–H and O–H groups in total. The molecule has 0 heterocycles. The number of anilines is 1. The Bertz CT molecular complexity index is 1180. The second-order valence-electron chi connectivity index (χ2n) is 8.74. The van der Waals surface area contributed by atoms with Crippen LogP contribution in [0.25, 0.3) is 17.2 Å². The fourth-order valence-electron chi connectivity index (χ4n) is 4.52. The predicted octanol–water partition coefficient (Wildman–Crippen LogP) is 6.27. The molecule has 0 saturated heterocycles. The van der Waals surface area contributed by atoms with E-state index in [2.05, 4.69) is 0 Å². The lowest BCUT2D eigenvalue weighted by Gasteiger charge is -2.30. The van der Waals surface area contributed by atoms with Crippen LogP contribution in [0, 0.1) is 5.92 Å². The van der Waals surface area contributed by atoms with Crippen molar-refractivity contribution in [2.75, 3.05) is 4.90 Å². The van der Waals surface area contributed by atoms with Crippen LogP contribution in [-0.2, 0) is 16.1 Å². The Morgan fingerprint density at radius 1 is 0.912 bits per heavy atom. The normalized spacial score (nSPS) is 14.2. The maximum atomic E-state index is 13.6. The number of carboxylic acid groups (broad SMARTS) is 1. The van der Waals surface area contributed by atoms with E-state index < -0.39 is 5.97 Å². The van der Waals surface area contributed by atoms with Gasteiger partial charge in [0.2, 0.25) is 5.91 Å². The third-order valence-electron chi connectivity index (χ3n) is 6.33. The quantitative estimate of drug-likeness (QED) is 0.412. The molecule has 1 aliphatic rings. The highest BCUT2D eigenvalue weighted by Gasteiger charge is 2.27.